The zero-order valence-electron chi connectivity index (χ0n) is 16.5. The molecule has 1 aliphatic carbocycles. The second kappa shape index (κ2) is 8.34. The lowest BCUT2D eigenvalue weighted by molar-refractivity contribution is 0.0929. The number of fused-ring (bicyclic) bond motifs is 1. The highest BCUT2D eigenvalue weighted by molar-refractivity contribution is 6.00. The van der Waals surface area contributed by atoms with Crippen LogP contribution in [0.15, 0.2) is 48.7 Å². The normalized spacial score (nSPS) is 18.4. The fourth-order valence-corrected chi connectivity index (χ4v) is 3.84. The van der Waals surface area contributed by atoms with Gasteiger partial charge in [0.2, 0.25) is 0 Å². The molecule has 4 rings (SSSR count). The summed E-state index contributed by atoms with van der Waals surface area (Å²) in [6, 6.07) is 13.1. The minimum Gasteiger partial charge on any atom is -0.496 e. The summed E-state index contributed by atoms with van der Waals surface area (Å²) in [5.74, 6) is 1.49. The van der Waals surface area contributed by atoms with Crippen LogP contribution in [0.4, 0.5) is 5.82 Å². The van der Waals surface area contributed by atoms with Crippen LogP contribution in [0.25, 0.3) is 11.0 Å². The molecule has 0 saturated heterocycles. The van der Waals surface area contributed by atoms with E-state index in [0.717, 1.165) is 30.3 Å². The van der Waals surface area contributed by atoms with Gasteiger partial charge in [-0.3, -0.25) is 9.78 Å². The van der Waals surface area contributed by atoms with Gasteiger partial charge in [-0.2, -0.15) is 0 Å². The molecule has 1 saturated carbocycles. The number of rotatable bonds is 6. The van der Waals surface area contributed by atoms with Gasteiger partial charge in [-0.1, -0.05) is 18.2 Å². The van der Waals surface area contributed by atoms with Gasteiger partial charge < -0.3 is 20.1 Å². The lowest BCUT2D eigenvalue weighted by Crippen LogP contribution is -2.43. The molecule has 29 heavy (non-hydrogen) atoms. The van der Waals surface area contributed by atoms with Crippen molar-refractivity contribution >= 4 is 22.8 Å². The Bertz CT molecular complexity index is 1000. The Kier molecular flexibility index (Phi) is 5.46. The summed E-state index contributed by atoms with van der Waals surface area (Å²) in [6.45, 7) is 0. The van der Waals surface area contributed by atoms with Crippen molar-refractivity contribution in [2.75, 3.05) is 19.5 Å². The molecule has 2 atom stereocenters. The molecule has 0 bridgehead atoms. The fraction of sp³-hybridized carbons (Fsp3) is 0.318. The van der Waals surface area contributed by atoms with Crippen molar-refractivity contribution in [3.8, 4) is 11.5 Å². The fourth-order valence-electron chi connectivity index (χ4n) is 3.84. The smallest absolute Gasteiger partial charge is 0.259 e. The number of nitrogens with one attached hydrogen (secondary N) is 2. The molecular formula is C22H24N4O3. The molecule has 1 unspecified atom stereocenters. The summed E-state index contributed by atoms with van der Waals surface area (Å²) >= 11 is 0. The number of nitrogens with zero attached hydrogens (tertiary/aromatic N) is 2. The van der Waals surface area contributed by atoms with Gasteiger partial charge in [0.15, 0.2) is 0 Å². The van der Waals surface area contributed by atoms with E-state index in [4.69, 9.17) is 9.47 Å². The highest BCUT2D eigenvalue weighted by Gasteiger charge is 2.30. The summed E-state index contributed by atoms with van der Waals surface area (Å²) in [4.78, 5) is 22.1. The van der Waals surface area contributed by atoms with E-state index >= 15 is 0 Å². The summed E-state index contributed by atoms with van der Waals surface area (Å²) in [5, 5.41) is 6.59. The Balaban J connectivity index is 1.51. The van der Waals surface area contributed by atoms with E-state index < -0.39 is 0 Å². The molecule has 1 fully saturated rings. The van der Waals surface area contributed by atoms with E-state index in [9.17, 15) is 4.79 Å². The Hall–Kier alpha value is -3.35. The molecule has 0 aliphatic heterocycles. The minimum atomic E-state index is -0.206. The second-order valence-electron chi connectivity index (χ2n) is 7.04. The van der Waals surface area contributed by atoms with Gasteiger partial charge in [0.25, 0.3) is 5.91 Å². The summed E-state index contributed by atoms with van der Waals surface area (Å²) < 4.78 is 10.7. The van der Waals surface area contributed by atoms with Gasteiger partial charge in [-0.25, -0.2) is 4.98 Å². The van der Waals surface area contributed by atoms with Crippen LogP contribution >= 0.6 is 0 Å². The monoisotopic (exact) mass is 392 g/mol. The van der Waals surface area contributed by atoms with Crippen molar-refractivity contribution in [1.82, 2.24) is 15.3 Å². The minimum absolute atomic E-state index is 0.0228. The maximum absolute atomic E-state index is 13.0. The molecule has 2 aromatic carbocycles. The van der Waals surface area contributed by atoms with Crippen LogP contribution in [-0.4, -0.2) is 42.2 Å². The number of benzene rings is 2. The molecule has 1 heterocycles. The van der Waals surface area contributed by atoms with Crippen molar-refractivity contribution in [2.45, 2.75) is 31.3 Å². The third-order valence-corrected chi connectivity index (χ3v) is 5.27. The third-order valence-electron chi connectivity index (χ3n) is 5.27. The van der Waals surface area contributed by atoms with Gasteiger partial charge in [-0.15, -0.1) is 0 Å². The van der Waals surface area contributed by atoms with Gasteiger partial charge in [0.05, 0.1) is 31.4 Å². The zero-order valence-corrected chi connectivity index (χ0v) is 16.5. The van der Waals surface area contributed by atoms with Crippen molar-refractivity contribution in [3.63, 3.8) is 0 Å². The van der Waals surface area contributed by atoms with E-state index in [-0.39, 0.29) is 18.0 Å². The van der Waals surface area contributed by atoms with Crippen LogP contribution in [0, 0.1) is 0 Å². The Morgan fingerprint density at radius 1 is 0.966 bits per heavy atom. The number of carbonyl (C=O) groups is 1. The number of hydrogen-bond acceptors (Lipinski definition) is 6. The molecule has 1 aromatic heterocycles. The molecule has 1 aliphatic rings. The summed E-state index contributed by atoms with van der Waals surface area (Å²) in [6.07, 6.45) is 4.60. The van der Waals surface area contributed by atoms with Crippen molar-refractivity contribution in [1.29, 1.82) is 0 Å². The van der Waals surface area contributed by atoms with Gasteiger partial charge in [-0.05, 0) is 43.5 Å². The predicted molar refractivity (Wildman–Crippen MR) is 112 cm³/mol. The van der Waals surface area contributed by atoms with E-state index in [2.05, 4.69) is 20.6 Å². The van der Waals surface area contributed by atoms with E-state index in [0.29, 0.717) is 22.9 Å². The van der Waals surface area contributed by atoms with Crippen molar-refractivity contribution < 1.29 is 14.3 Å². The molecule has 7 nitrogen and oxygen atoms in total. The number of methoxy groups -OCH3 is 2. The molecule has 150 valence electrons. The Morgan fingerprint density at radius 2 is 1.66 bits per heavy atom. The van der Waals surface area contributed by atoms with E-state index in [1.165, 1.54) is 0 Å². The number of hydrogen-bond donors (Lipinski definition) is 2. The summed E-state index contributed by atoms with van der Waals surface area (Å²) in [7, 11) is 3.09. The second-order valence-corrected chi connectivity index (χ2v) is 7.04. The number of ether oxygens (including phenoxy) is 2. The average molecular weight is 392 g/mol. The zero-order chi connectivity index (χ0) is 20.2. The van der Waals surface area contributed by atoms with Gasteiger partial charge >= 0.3 is 0 Å². The molecule has 3 aromatic rings. The highest BCUT2D eigenvalue weighted by atomic mass is 16.5. The first-order valence-electron chi connectivity index (χ1n) is 9.70. The SMILES string of the molecule is COc1cccc(OC)c1C(=O)N[C@@H]1CCCC1Nc1cnc2ccccc2n1. The number of para-hydroxylation sites is 2. The first-order valence-corrected chi connectivity index (χ1v) is 9.70. The molecule has 7 heteroatoms. The average Bonchev–Trinajstić information content (AvgIpc) is 3.19. The largest absolute Gasteiger partial charge is 0.496 e. The highest BCUT2D eigenvalue weighted by Crippen LogP contribution is 2.29. The van der Waals surface area contributed by atoms with Crippen molar-refractivity contribution in [3.05, 3.63) is 54.2 Å². The maximum Gasteiger partial charge on any atom is 0.259 e. The number of aromatic nitrogens is 2. The molecular weight excluding hydrogens is 368 g/mol. The van der Waals surface area contributed by atoms with Gasteiger partial charge in [0.1, 0.15) is 22.9 Å². The van der Waals surface area contributed by atoms with Crippen LogP contribution in [0.5, 0.6) is 11.5 Å². The standard InChI is InChI=1S/C22H24N4O3/c1-28-18-11-6-12-19(29-2)21(18)22(27)26-17-10-5-9-16(17)25-20-13-23-14-7-3-4-8-15(14)24-20/h3-4,6-8,11-13,16-17H,5,9-10H2,1-2H3,(H,24,25)(H,26,27)/t16?,17-/m1/s1. The van der Waals surface area contributed by atoms with Gasteiger partial charge in [0, 0.05) is 12.1 Å². The van der Waals surface area contributed by atoms with E-state index in [1.54, 1.807) is 38.6 Å². The molecule has 0 radical (unpaired) electrons. The van der Waals surface area contributed by atoms with Crippen molar-refractivity contribution in [2.24, 2.45) is 0 Å². The maximum atomic E-state index is 13.0. The van der Waals surface area contributed by atoms with Crippen LogP contribution in [-0.2, 0) is 0 Å². The Morgan fingerprint density at radius 3 is 2.38 bits per heavy atom. The van der Waals surface area contributed by atoms with Crippen LogP contribution in [0.3, 0.4) is 0 Å². The van der Waals surface area contributed by atoms with Crippen LogP contribution in [0.1, 0.15) is 29.6 Å². The first-order chi connectivity index (χ1) is 14.2. The first kappa shape index (κ1) is 19.0. The topological polar surface area (TPSA) is 85.4 Å². The quantitative estimate of drug-likeness (QED) is 0.669. The molecule has 2 N–H and O–H groups in total. The van der Waals surface area contributed by atoms with E-state index in [1.807, 2.05) is 24.3 Å². The lowest BCUT2D eigenvalue weighted by atomic mass is 10.1. The Labute approximate surface area is 169 Å². The number of carbonyl (C=O) groups excluding carboxylic acids is 1. The number of anilines is 1. The lowest BCUT2D eigenvalue weighted by Gasteiger charge is -2.23. The molecule has 1 amide bonds. The third kappa shape index (κ3) is 3.94. The predicted octanol–water partition coefficient (Wildman–Crippen LogP) is 3.41. The molecule has 0 spiro atoms. The number of amides is 1. The van der Waals surface area contributed by atoms with Crippen LogP contribution in [0.2, 0.25) is 0 Å². The van der Waals surface area contributed by atoms with Crippen LogP contribution < -0.4 is 20.1 Å². The summed E-state index contributed by atoms with van der Waals surface area (Å²) in [5.41, 5.74) is 2.11.